The van der Waals surface area contributed by atoms with E-state index in [1.807, 2.05) is 61.5 Å². The van der Waals surface area contributed by atoms with Gasteiger partial charge in [-0.15, -0.1) is 0 Å². The zero-order chi connectivity index (χ0) is 21.0. The van der Waals surface area contributed by atoms with Gasteiger partial charge in [0.1, 0.15) is 23.0 Å². The highest BCUT2D eigenvalue weighted by molar-refractivity contribution is 7.91. The Bertz CT molecular complexity index is 1210. The predicted molar refractivity (Wildman–Crippen MR) is 116 cm³/mol. The maximum atomic E-state index is 12.9. The Kier molecular flexibility index (Phi) is 5.55. The number of ether oxygens (including phenoxy) is 2. The molecule has 0 aliphatic carbocycles. The molecule has 0 unspecified atom stereocenters. The third kappa shape index (κ3) is 4.53. The molecule has 0 atom stereocenters. The van der Waals surface area contributed by atoms with E-state index >= 15 is 0 Å². The second-order valence-corrected chi connectivity index (χ2v) is 8.73. The normalized spacial score (nSPS) is 11.1. The highest BCUT2D eigenvalue weighted by Crippen LogP contribution is 2.28. The fraction of sp³-hybridized carbons (Fsp3) is 0.0400. The topological polar surface area (TPSA) is 52.6 Å². The van der Waals surface area contributed by atoms with E-state index in [4.69, 9.17) is 9.47 Å². The van der Waals surface area contributed by atoms with Crippen molar-refractivity contribution in [3.63, 3.8) is 0 Å². The van der Waals surface area contributed by atoms with Crippen molar-refractivity contribution < 1.29 is 17.9 Å². The lowest BCUT2D eigenvalue weighted by Crippen LogP contribution is -2.01. The summed E-state index contributed by atoms with van der Waals surface area (Å²) in [6.45, 7) is 2.00. The minimum absolute atomic E-state index is 0.204. The quantitative estimate of drug-likeness (QED) is 0.364. The van der Waals surface area contributed by atoms with Crippen LogP contribution in [0.3, 0.4) is 0 Å². The Morgan fingerprint density at radius 1 is 0.500 bits per heavy atom. The molecule has 150 valence electrons. The third-order valence-corrected chi connectivity index (χ3v) is 6.29. The Morgan fingerprint density at radius 3 is 1.30 bits per heavy atom. The summed E-state index contributed by atoms with van der Waals surface area (Å²) in [5, 5.41) is 0. The Hall–Kier alpha value is -3.57. The zero-order valence-electron chi connectivity index (χ0n) is 16.4. The first-order chi connectivity index (χ1) is 14.5. The van der Waals surface area contributed by atoms with Crippen molar-refractivity contribution >= 4 is 9.84 Å². The SMILES string of the molecule is Cc1ccc(Oc2ccc(S(=O)(=O)c3ccc(Oc4ccccc4)cc3)cc2)cc1. The molecule has 0 heterocycles. The maximum Gasteiger partial charge on any atom is 0.206 e. The summed E-state index contributed by atoms with van der Waals surface area (Å²) in [4.78, 5) is 0.408. The van der Waals surface area contributed by atoms with E-state index in [0.717, 1.165) is 5.56 Å². The minimum Gasteiger partial charge on any atom is -0.457 e. The molecule has 30 heavy (non-hydrogen) atoms. The number of hydrogen-bond donors (Lipinski definition) is 0. The third-order valence-electron chi connectivity index (χ3n) is 4.50. The smallest absolute Gasteiger partial charge is 0.206 e. The van der Waals surface area contributed by atoms with Crippen molar-refractivity contribution in [1.29, 1.82) is 0 Å². The van der Waals surface area contributed by atoms with Crippen LogP contribution in [0.5, 0.6) is 23.0 Å². The average Bonchev–Trinajstić information content (AvgIpc) is 2.77. The molecule has 4 nitrogen and oxygen atoms in total. The Balaban J connectivity index is 1.49. The van der Waals surface area contributed by atoms with Crippen LogP contribution in [0.15, 0.2) is 113 Å². The standard InChI is InChI=1S/C25H20O4S/c1-19-7-9-21(10-8-19)29-23-13-17-25(18-14-23)30(26,27)24-15-11-22(12-16-24)28-20-5-3-2-4-6-20/h2-18H,1H3. The van der Waals surface area contributed by atoms with Crippen LogP contribution in [-0.2, 0) is 9.84 Å². The van der Waals surface area contributed by atoms with E-state index in [1.165, 1.54) is 0 Å². The number of hydrogen-bond acceptors (Lipinski definition) is 4. The molecule has 0 amide bonds. The first-order valence-electron chi connectivity index (χ1n) is 9.43. The fourth-order valence-electron chi connectivity index (χ4n) is 2.88. The van der Waals surface area contributed by atoms with E-state index in [0.29, 0.717) is 23.0 Å². The average molecular weight is 416 g/mol. The van der Waals surface area contributed by atoms with Crippen LogP contribution in [0.1, 0.15) is 5.56 Å². The molecule has 4 rings (SSSR count). The summed E-state index contributed by atoms with van der Waals surface area (Å²) in [6, 6.07) is 29.8. The van der Waals surface area contributed by atoms with E-state index < -0.39 is 9.84 Å². The Morgan fingerprint density at radius 2 is 0.867 bits per heavy atom. The number of sulfone groups is 1. The molecule has 0 aromatic heterocycles. The zero-order valence-corrected chi connectivity index (χ0v) is 17.2. The van der Waals surface area contributed by atoms with Gasteiger partial charge in [0, 0.05) is 0 Å². The molecule has 0 fully saturated rings. The van der Waals surface area contributed by atoms with Crippen molar-refractivity contribution in [2.24, 2.45) is 0 Å². The summed E-state index contributed by atoms with van der Waals surface area (Å²) in [5.41, 5.74) is 1.14. The van der Waals surface area contributed by atoms with Crippen LogP contribution < -0.4 is 9.47 Å². The van der Waals surface area contributed by atoms with Crippen LogP contribution in [-0.4, -0.2) is 8.42 Å². The van der Waals surface area contributed by atoms with E-state index in [-0.39, 0.29) is 9.79 Å². The fourth-order valence-corrected chi connectivity index (χ4v) is 4.14. The van der Waals surface area contributed by atoms with Gasteiger partial charge in [-0.25, -0.2) is 8.42 Å². The molecular weight excluding hydrogens is 396 g/mol. The van der Waals surface area contributed by atoms with Gasteiger partial charge in [-0.1, -0.05) is 35.9 Å². The van der Waals surface area contributed by atoms with E-state index in [1.54, 1.807) is 48.5 Å². The largest absolute Gasteiger partial charge is 0.457 e. The molecule has 0 spiro atoms. The number of para-hydroxylation sites is 1. The summed E-state index contributed by atoms with van der Waals surface area (Å²) < 4.78 is 37.3. The van der Waals surface area contributed by atoms with Gasteiger partial charge in [-0.3, -0.25) is 0 Å². The molecule has 0 saturated heterocycles. The van der Waals surface area contributed by atoms with Crippen molar-refractivity contribution in [2.75, 3.05) is 0 Å². The van der Waals surface area contributed by atoms with E-state index in [9.17, 15) is 8.42 Å². The summed E-state index contributed by atoms with van der Waals surface area (Å²) in [6.07, 6.45) is 0. The van der Waals surface area contributed by atoms with Gasteiger partial charge < -0.3 is 9.47 Å². The summed E-state index contributed by atoms with van der Waals surface area (Å²) >= 11 is 0. The highest BCUT2D eigenvalue weighted by Gasteiger charge is 2.18. The molecular formula is C25H20O4S. The van der Waals surface area contributed by atoms with Crippen LogP contribution in [0, 0.1) is 6.92 Å². The molecule has 0 saturated carbocycles. The monoisotopic (exact) mass is 416 g/mol. The van der Waals surface area contributed by atoms with Crippen LogP contribution in [0.2, 0.25) is 0 Å². The predicted octanol–water partition coefficient (Wildman–Crippen LogP) is 6.41. The molecule has 4 aromatic rings. The van der Waals surface area contributed by atoms with Gasteiger partial charge in [0.2, 0.25) is 9.84 Å². The van der Waals surface area contributed by atoms with Crippen molar-refractivity contribution in [3.05, 3.63) is 109 Å². The van der Waals surface area contributed by atoms with Gasteiger partial charge in [-0.05, 0) is 79.7 Å². The van der Waals surface area contributed by atoms with Crippen molar-refractivity contribution in [2.45, 2.75) is 16.7 Å². The van der Waals surface area contributed by atoms with Crippen molar-refractivity contribution in [1.82, 2.24) is 0 Å². The lowest BCUT2D eigenvalue weighted by molar-refractivity contribution is 0.482. The second-order valence-electron chi connectivity index (χ2n) is 6.78. The maximum absolute atomic E-state index is 12.9. The lowest BCUT2D eigenvalue weighted by Gasteiger charge is -2.09. The van der Waals surface area contributed by atoms with Gasteiger partial charge in [0.05, 0.1) is 9.79 Å². The van der Waals surface area contributed by atoms with Gasteiger partial charge in [0.25, 0.3) is 0 Å². The van der Waals surface area contributed by atoms with Gasteiger partial charge in [0.15, 0.2) is 0 Å². The molecule has 0 radical (unpaired) electrons. The lowest BCUT2D eigenvalue weighted by atomic mass is 10.2. The van der Waals surface area contributed by atoms with Gasteiger partial charge in [-0.2, -0.15) is 0 Å². The summed E-state index contributed by atoms with van der Waals surface area (Å²) in [5.74, 6) is 2.54. The minimum atomic E-state index is -3.63. The molecule has 4 aromatic carbocycles. The Labute approximate surface area is 176 Å². The van der Waals surface area contributed by atoms with Gasteiger partial charge >= 0.3 is 0 Å². The number of benzene rings is 4. The molecule has 0 N–H and O–H groups in total. The highest BCUT2D eigenvalue weighted by atomic mass is 32.2. The van der Waals surface area contributed by atoms with E-state index in [2.05, 4.69) is 0 Å². The molecule has 0 aliphatic rings. The van der Waals surface area contributed by atoms with Crippen LogP contribution >= 0.6 is 0 Å². The second kappa shape index (κ2) is 8.43. The van der Waals surface area contributed by atoms with Crippen molar-refractivity contribution in [3.8, 4) is 23.0 Å². The first-order valence-corrected chi connectivity index (χ1v) is 10.9. The molecule has 0 aliphatic heterocycles. The molecule has 0 bridgehead atoms. The number of rotatable bonds is 6. The first kappa shape index (κ1) is 19.7. The number of aryl methyl sites for hydroxylation is 1. The van der Waals surface area contributed by atoms with Crippen LogP contribution in [0.4, 0.5) is 0 Å². The molecule has 5 heteroatoms. The van der Waals surface area contributed by atoms with Crippen LogP contribution in [0.25, 0.3) is 0 Å². The summed E-state index contributed by atoms with van der Waals surface area (Å²) in [7, 11) is -3.63.